The summed E-state index contributed by atoms with van der Waals surface area (Å²) < 4.78 is 0. The van der Waals surface area contributed by atoms with E-state index in [9.17, 15) is 4.79 Å². The molecule has 0 saturated carbocycles. The van der Waals surface area contributed by atoms with E-state index in [1.54, 1.807) is 18.2 Å². The van der Waals surface area contributed by atoms with Gasteiger partial charge in [-0.1, -0.05) is 29.3 Å². The van der Waals surface area contributed by atoms with Gasteiger partial charge >= 0.3 is 0 Å². The van der Waals surface area contributed by atoms with Crippen molar-refractivity contribution in [2.45, 2.75) is 19.9 Å². The first-order valence-corrected chi connectivity index (χ1v) is 5.03. The Balaban J connectivity index is 0.00000196. The summed E-state index contributed by atoms with van der Waals surface area (Å²) in [6.07, 6.45) is 0. The Morgan fingerprint density at radius 1 is 1.33 bits per heavy atom. The quantitative estimate of drug-likeness (QED) is 0.874. The molecular formula is C10H13Cl2NOS. The first-order chi connectivity index (χ1) is 6.52. The lowest BCUT2D eigenvalue weighted by molar-refractivity contribution is 0.0943. The minimum Gasteiger partial charge on any atom is -0.350 e. The number of carbonyl (C=O) groups excluding carboxylic acids is 1. The number of halogens is 2. The monoisotopic (exact) mass is 265 g/mol. The molecule has 1 N–H and O–H groups in total. The van der Waals surface area contributed by atoms with Crippen molar-refractivity contribution >= 4 is 42.6 Å². The number of amides is 1. The van der Waals surface area contributed by atoms with Crippen LogP contribution >= 0.6 is 36.7 Å². The second-order valence-corrected chi connectivity index (χ2v) is 4.01. The largest absolute Gasteiger partial charge is 0.350 e. The highest BCUT2D eigenvalue weighted by Gasteiger charge is 2.12. The Kier molecular flexibility index (Phi) is 6.10. The molecule has 84 valence electrons. The van der Waals surface area contributed by atoms with Gasteiger partial charge in [0.15, 0.2) is 0 Å². The lowest BCUT2D eigenvalue weighted by Crippen LogP contribution is -2.30. The maximum absolute atomic E-state index is 11.6. The smallest absolute Gasteiger partial charge is 0.253 e. The minimum absolute atomic E-state index is 0. The predicted octanol–water partition coefficient (Wildman–Crippen LogP) is 3.24. The van der Waals surface area contributed by atoms with E-state index >= 15 is 0 Å². The summed E-state index contributed by atoms with van der Waals surface area (Å²) in [5, 5.41) is 3.44. The first-order valence-electron chi connectivity index (χ1n) is 4.27. The van der Waals surface area contributed by atoms with E-state index in [4.69, 9.17) is 23.2 Å². The van der Waals surface area contributed by atoms with Gasteiger partial charge in [0.05, 0.1) is 15.6 Å². The average Bonchev–Trinajstić information content (AvgIpc) is 2.08. The molecule has 0 atom stereocenters. The van der Waals surface area contributed by atoms with Crippen LogP contribution in [0, 0.1) is 0 Å². The van der Waals surface area contributed by atoms with E-state index in [1.165, 1.54) is 0 Å². The van der Waals surface area contributed by atoms with Crippen LogP contribution in [0.4, 0.5) is 0 Å². The molecule has 0 aromatic heterocycles. The molecule has 0 spiro atoms. The molecule has 0 aliphatic heterocycles. The second kappa shape index (κ2) is 6.26. The Labute approximate surface area is 106 Å². The van der Waals surface area contributed by atoms with Gasteiger partial charge in [-0.2, -0.15) is 13.5 Å². The number of rotatable bonds is 2. The van der Waals surface area contributed by atoms with Crippen LogP contribution in [0.5, 0.6) is 0 Å². The van der Waals surface area contributed by atoms with E-state index in [0.29, 0.717) is 15.6 Å². The summed E-state index contributed by atoms with van der Waals surface area (Å²) in [6, 6.07) is 5.07. The lowest BCUT2D eigenvalue weighted by Gasteiger charge is -2.09. The van der Waals surface area contributed by atoms with E-state index in [-0.39, 0.29) is 25.4 Å². The molecule has 5 heteroatoms. The van der Waals surface area contributed by atoms with Gasteiger partial charge in [0.2, 0.25) is 0 Å². The van der Waals surface area contributed by atoms with Crippen LogP contribution in [0.2, 0.25) is 10.0 Å². The van der Waals surface area contributed by atoms with Crippen LogP contribution in [0.15, 0.2) is 18.2 Å². The molecule has 0 aliphatic rings. The molecule has 1 rings (SSSR count). The second-order valence-electron chi connectivity index (χ2n) is 3.23. The summed E-state index contributed by atoms with van der Waals surface area (Å²) in [4.78, 5) is 11.6. The SMILES string of the molecule is CC(C)NC(=O)c1cccc(Cl)c1Cl.S. The molecule has 2 nitrogen and oxygen atoms in total. The van der Waals surface area contributed by atoms with Crippen molar-refractivity contribution in [3.05, 3.63) is 33.8 Å². The molecule has 0 aliphatic carbocycles. The third-order valence-corrected chi connectivity index (χ3v) is 2.43. The number of nitrogens with one attached hydrogen (secondary N) is 1. The Morgan fingerprint density at radius 3 is 2.47 bits per heavy atom. The van der Waals surface area contributed by atoms with Crippen LogP contribution < -0.4 is 5.32 Å². The van der Waals surface area contributed by atoms with E-state index in [1.807, 2.05) is 13.8 Å². The fourth-order valence-corrected chi connectivity index (χ4v) is 1.41. The van der Waals surface area contributed by atoms with Gasteiger partial charge in [-0.25, -0.2) is 0 Å². The van der Waals surface area contributed by atoms with Gasteiger partial charge in [0.1, 0.15) is 0 Å². The van der Waals surface area contributed by atoms with Gasteiger partial charge < -0.3 is 5.32 Å². The molecule has 0 fully saturated rings. The summed E-state index contributed by atoms with van der Waals surface area (Å²) in [5.74, 6) is -0.201. The van der Waals surface area contributed by atoms with Crippen molar-refractivity contribution in [3.63, 3.8) is 0 Å². The van der Waals surface area contributed by atoms with E-state index < -0.39 is 0 Å². The molecule has 0 bridgehead atoms. The molecule has 15 heavy (non-hydrogen) atoms. The highest BCUT2D eigenvalue weighted by molar-refractivity contribution is 7.59. The Hall–Kier alpha value is -0.380. The van der Waals surface area contributed by atoms with Crippen LogP contribution in [0.25, 0.3) is 0 Å². The van der Waals surface area contributed by atoms with Crippen molar-refractivity contribution in [1.82, 2.24) is 5.32 Å². The van der Waals surface area contributed by atoms with Gasteiger partial charge in [0.25, 0.3) is 5.91 Å². The molecule has 1 amide bonds. The van der Waals surface area contributed by atoms with Crippen molar-refractivity contribution in [2.24, 2.45) is 0 Å². The molecule has 0 unspecified atom stereocenters. The highest BCUT2D eigenvalue weighted by Crippen LogP contribution is 2.25. The third kappa shape index (κ3) is 3.93. The normalized spacial score (nSPS) is 9.67. The molecule has 1 aromatic rings. The molecule has 0 radical (unpaired) electrons. The summed E-state index contributed by atoms with van der Waals surface area (Å²) in [6.45, 7) is 3.77. The zero-order valence-electron chi connectivity index (χ0n) is 8.47. The van der Waals surface area contributed by atoms with Gasteiger partial charge in [0, 0.05) is 6.04 Å². The van der Waals surface area contributed by atoms with Crippen LogP contribution in [0.3, 0.4) is 0 Å². The lowest BCUT2D eigenvalue weighted by atomic mass is 10.2. The van der Waals surface area contributed by atoms with Gasteiger partial charge in [-0.3, -0.25) is 4.79 Å². The maximum atomic E-state index is 11.6. The fourth-order valence-electron chi connectivity index (χ4n) is 1.02. The standard InChI is InChI=1S/C10H11Cl2NO.H2S/c1-6(2)13-10(14)7-4-3-5-8(11)9(7)12;/h3-6H,1-2H3,(H,13,14);1H2. The average molecular weight is 266 g/mol. The zero-order valence-corrected chi connectivity index (χ0v) is 11.0. The number of hydrogen-bond donors (Lipinski definition) is 1. The molecule has 0 heterocycles. The van der Waals surface area contributed by atoms with Gasteiger partial charge in [-0.15, -0.1) is 0 Å². The van der Waals surface area contributed by atoms with E-state index in [0.717, 1.165) is 0 Å². The predicted molar refractivity (Wildman–Crippen MR) is 69.4 cm³/mol. The highest BCUT2D eigenvalue weighted by atomic mass is 35.5. The van der Waals surface area contributed by atoms with Crippen molar-refractivity contribution in [3.8, 4) is 0 Å². The topological polar surface area (TPSA) is 29.1 Å². The maximum Gasteiger partial charge on any atom is 0.253 e. The van der Waals surface area contributed by atoms with Crippen molar-refractivity contribution in [2.75, 3.05) is 0 Å². The number of hydrogen-bond acceptors (Lipinski definition) is 1. The van der Waals surface area contributed by atoms with Crippen LogP contribution in [-0.4, -0.2) is 11.9 Å². The summed E-state index contributed by atoms with van der Waals surface area (Å²) in [5.41, 5.74) is 0.410. The fraction of sp³-hybridized carbons (Fsp3) is 0.300. The van der Waals surface area contributed by atoms with Gasteiger partial charge in [-0.05, 0) is 26.0 Å². The van der Waals surface area contributed by atoms with Crippen molar-refractivity contribution in [1.29, 1.82) is 0 Å². The third-order valence-electron chi connectivity index (χ3n) is 1.62. The Morgan fingerprint density at radius 2 is 1.93 bits per heavy atom. The molecule has 0 saturated heterocycles. The van der Waals surface area contributed by atoms with Crippen LogP contribution in [0.1, 0.15) is 24.2 Å². The number of benzene rings is 1. The Bertz CT molecular complexity index is 355. The zero-order chi connectivity index (χ0) is 10.7. The molecule has 1 aromatic carbocycles. The minimum atomic E-state index is -0.201. The summed E-state index contributed by atoms with van der Waals surface area (Å²) in [7, 11) is 0. The molecular weight excluding hydrogens is 253 g/mol. The van der Waals surface area contributed by atoms with Crippen LogP contribution in [-0.2, 0) is 0 Å². The van der Waals surface area contributed by atoms with Crippen molar-refractivity contribution < 1.29 is 4.79 Å². The number of carbonyl (C=O) groups is 1. The summed E-state index contributed by atoms with van der Waals surface area (Å²) >= 11 is 11.7. The van der Waals surface area contributed by atoms with E-state index in [2.05, 4.69) is 5.32 Å². The first kappa shape index (κ1) is 14.6.